The molecule has 0 spiro atoms. The standard InChI is InChI=1S/C25H33FN4O4/c1-16-13-30(17(2)15-31)24(32)20-7-6-8-21(28(3)4)23(20)34-22(16)14-29(5)25(33)27-19-11-9-18(26)10-12-19/h6-12,16-17,22,31H,13-15H2,1-5H3,(H,27,33)/t16-,17+,22+/m1/s1. The average Bonchev–Trinajstić information content (AvgIpc) is 2.81. The van der Waals surface area contributed by atoms with E-state index in [9.17, 15) is 19.1 Å². The number of benzene rings is 2. The smallest absolute Gasteiger partial charge is 0.321 e. The fourth-order valence-electron chi connectivity index (χ4n) is 3.90. The van der Waals surface area contributed by atoms with Crippen LogP contribution in [0.15, 0.2) is 42.5 Å². The third-order valence-electron chi connectivity index (χ3n) is 6.05. The summed E-state index contributed by atoms with van der Waals surface area (Å²) in [4.78, 5) is 31.2. The molecule has 0 saturated carbocycles. The van der Waals surface area contributed by atoms with E-state index < -0.39 is 6.10 Å². The number of rotatable bonds is 6. The van der Waals surface area contributed by atoms with Gasteiger partial charge in [0.2, 0.25) is 0 Å². The van der Waals surface area contributed by atoms with Crippen molar-refractivity contribution in [1.29, 1.82) is 0 Å². The molecule has 3 rings (SSSR count). The Morgan fingerprint density at radius 2 is 1.91 bits per heavy atom. The average molecular weight is 473 g/mol. The van der Waals surface area contributed by atoms with Crippen LogP contribution in [0.1, 0.15) is 24.2 Å². The maximum Gasteiger partial charge on any atom is 0.321 e. The lowest BCUT2D eigenvalue weighted by Crippen LogP contribution is -2.50. The molecular formula is C25H33FN4O4. The number of anilines is 2. The maximum absolute atomic E-state index is 13.4. The predicted octanol–water partition coefficient (Wildman–Crippen LogP) is 3.28. The number of amides is 3. The number of carbonyl (C=O) groups excluding carboxylic acids is 2. The van der Waals surface area contributed by atoms with Crippen LogP contribution in [0.4, 0.5) is 20.6 Å². The third kappa shape index (κ3) is 5.59. The Morgan fingerprint density at radius 1 is 1.24 bits per heavy atom. The number of hydrogen-bond acceptors (Lipinski definition) is 5. The first-order valence-electron chi connectivity index (χ1n) is 11.3. The van der Waals surface area contributed by atoms with E-state index >= 15 is 0 Å². The molecule has 0 unspecified atom stereocenters. The summed E-state index contributed by atoms with van der Waals surface area (Å²) < 4.78 is 19.6. The van der Waals surface area contributed by atoms with Crippen LogP contribution in [-0.2, 0) is 0 Å². The lowest BCUT2D eigenvalue weighted by Gasteiger charge is -2.39. The Morgan fingerprint density at radius 3 is 2.53 bits per heavy atom. The number of likely N-dealkylation sites (N-methyl/N-ethyl adjacent to an activating group) is 1. The molecule has 2 aromatic rings. The van der Waals surface area contributed by atoms with E-state index in [1.54, 1.807) is 31.0 Å². The Balaban J connectivity index is 1.89. The zero-order valence-corrected chi connectivity index (χ0v) is 20.3. The largest absolute Gasteiger partial charge is 0.485 e. The van der Waals surface area contributed by atoms with E-state index in [4.69, 9.17) is 4.74 Å². The number of nitrogens with one attached hydrogen (secondary N) is 1. The number of ether oxygens (including phenoxy) is 1. The van der Waals surface area contributed by atoms with Gasteiger partial charge >= 0.3 is 6.03 Å². The fourth-order valence-corrected chi connectivity index (χ4v) is 3.90. The molecule has 3 atom stereocenters. The highest BCUT2D eigenvalue weighted by Gasteiger charge is 2.35. The quantitative estimate of drug-likeness (QED) is 0.674. The Hall–Kier alpha value is -3.33. The second-order valence-corrected chi connectivity index (χ2v) is 8.99. The van der Waals surface area contributed by atoms with Gasteiger partial charge in [-0.2, -0.15) is 0 Å². The van der Waals surface area contributed by atoms with E-state index in [0.29, 0.717) is 23.5 Å². The van der Waals surface area contributed by atoms with Gasteiger partial charge in [-0.15, -0.1) is 0 Å². The fraction of sp³-hybridized carbons (Fsp3) is 0.440. The summed E-state index contributed by atoms with van der Waals surface area (Å²) in [6.45, 7) is 4.23. The van der Waals surface area contributed by atoms with Gasteiger partial charge in [-0.1, -0.05) is 13.0 Å². The second-order valence-electron chi connectivity index (χ2n) is 8.99. The van der Waals surface area contributed by atoms with Gasteiger partial charge in [-0.25, -0.2) is 9.18 Å². The number of fused-ring (bicyclic) bond motifs is 1. The van der Waals surface area contributed by atoms with Crippen LogP contribution < -0.4 is 15.0 Å². The molecule has 0 saturated heterocycles. The highest BCUT2D eigenvalue weighted by Crippen LogP contribution is 2.36. The summed E-state index contributed by atoms with van der Waals surface area (Å²) in [6, 6.07) is 10.2. The lowest BCUT2D eigenvalue weighted by atomic mass is 9.99. The molecule has 184 valence electrons. The molecular weight excluding hydrogens is 439 g/mol. The van der Waals surface area contributed by atoms with Crippen molar-refractivity contribution in [3.8, 4) is 5.75 Å². The summed E-state index contributed by atoms with van der Waals surface area (Å²) in [7, 11) is 5.40. The topological polar surface area (TPSA) is 85.4 Å². The van der Waals surface area contributed by atoms with Gasteiger partial charge in [0.1, 0.15) is 11.9 Å². The molecule has 0 aliphatic carbocycles. The van der Waals surface area contributed by atoms with Gasteiger partial charge in [0, 0.05) is 39.3 Å². The monoisotopic (exact) mass is 472 g/mol. The van der Waals surface area contributed by atoms with Crippen molar-refractivity contribution in [2.75, 3.05) is 51.1 Å². The van der Waals surface area contributed by atoms with Crippen LogP contribution in [0.2, 0.25) is 0 Å². The van der Waals surface area contributed by atoms with Crippen molar-refractivity contribution in [2.24, 2.45) is 5.92 Å². The molecule has 8 nitrogen and oxygen atoms in total. The Bertz CT molecular complexity index is 1010. The molecule has 3 amide bonds. The van der Waals surface area contributed by atoms with Crippen molar-refractivity contribution in [2.45, 2.75) is 26.0 Å². The van der Waals surface area contributed by atoms with E-state index in [2.05, 4.69) is 5.32 Å². The first-order valence-corrected chi connectivity index (χ1v) is 11.3. The maximum atomic E-state index is 13.4. The number of hydrogen-bond donors (Lipinski definition) is 2. The molecule has 0 aromatic heterocycles. The number of aliphatic hydroxyl groups is 1. The van der Waals surface area contributed by atoms with Crippen molar-refractivity contribution in [3.63, 3.8) is 0 Å². The third-order valence-corrected chi connectivity index (χ3v) is 6.05. The van der Waals surface area contributed by atoms with Crippen LogP contribution in [0, 0.1) is 11.7 Å². The minimum absolute atomic E-state index is 0.137. The first-order chi connectivity index (χ1) is 16.1. The van der Waals surface area contributed by atoms with Crippen LogP contribution in [-0.4, -0.2) is 79.8 Å². The summed E-state index contributed by atoms with van der Waals surface area (Å²) in [5, 5.41) is 12.5. The predicted molar refractivity (Wildman–Crippen MR) is 130 cm³/mol. The molecule has 0 bridgehead atoms. The highest BCUT2D eigenvalue weighted by atomic mass is 19.1. The summed E-state index contributed by atoms with van der Waals surface area (Å²) in [5.74, 6) is -0.262. The van der Waals surface area contributed by atoms with Gasteiger partial charge < -0.3 is 29.9 Å². The van der Waals surface area contributed by atoms with Gasteiger partial charge in [0.15, 0.2) is 5.75 Å². The van der Waals surface area contributed by atoms with Crippen LogP contribution in [0.25, 0.3) is 0 Å². The zero-order chi connectivity index (χ0) is 25.0. The molecule has 2 N–H and O–H groups in total. The van der Waals surface area contributed by atoms with Crippen LogP contribution in [0.5, 0.6) is 5.75 Å². The number of urea groups is 1. The number of carbonyl (C=O) groups is 2. The normalized spacial score (nSPS) is 18.8. The van der Waals surface area contributed by atoms with Crippen LogP contribution in [0.3, 0.4) is 0 Å². The Kier molecular flexibility index (Phi) is 7.98. The molecule has 2 aromatic carbocycles. The molecule has 0 fully saturated rings. The number of halogens is 1. The number of nitrogens with zero attached hydrogens (tertiary/aromatic N) is 3. The van der Waals surface area contributed by atoms with E-state index in [-0.39, 0.29) is 42.9 Å². The highest BCUT2D eigenvalue weighted by molar-refractivity contribution is 5.99. The van der Waals surface area contributed by atoms with Crippen LogP contribution >= 0.6 is 0 Å². The van der Waals surface area contributed by atoms with E-state index in [1.807, 2.05) is 32.0 Å². The number of para-hydroxylation sites is 1. The van der Waals surface area contributed by atoms with Crippen molar-refractivity contribution >= 4 is 23.3 Å². The van der Waals surface area contributed by atoms with Gasteiger partial charge in [0.05, 0.1) is 30.4 Å². The molecule has 9 heteroatoms. The minimum atomic E-state index is -0.426. The number of aliphatic hydroxyl groups excluding tert-OH is 1. The van der Waals surface area contributed by atoms with E-state index in [0.717, 1.165) is 5.69 Å². The Labute approximate surface area is 199 Å². The summed E-state index contributed by atoms with van der Waals surface area (Å²) in [5.41, 5.74) is 1.65. The van der Waals surface area contributed by atoms with Gasteiger partial charge in [-0.05, 0) is 43.3 Å². The van der Waals surface area contributed by atoms with Gasteiger partial charge in [0.25, 0.3) is 5.91 Å². The van der Waals surface area contributed by atoms with Crippen molar-refractivity contribution in [3.05, 3.63) is 53.8 Å². The lowest BCUT2D eigenvalue weighted by molar-refractivity contribution is 0.0372. The van der Waals surface area contributed by atoms with Crippen molar-refractivity contribution in [1.82, 2.24) is 9.80 Å². The summed E-state index contributed by atoms with van der Waals surface area (Å²) >= 11 is 0. The molecule has 34 heavy (non-hydrogen) atoms. The van der Waals surface area contributed by atoms with Gasteiger partial charge in [-0.3, -0.25) is 4.79 Å². The SMILES string of the molecule is C[C@@H]1CN([C@@H](C)CO)C(=O)c2cccc(N(C)C)c2O[C@H]1CN(C)C(=O)Nc1ccc(F)cc1. The molecule has 1 heterocycles. The molecule has 1 aliphatic heterocycles. The minimum Gasteiger partial charge on any atom is -0.485 e. The first kappa shape index (κ1) is 25.3. The van der Waals surface area contributed by atoms with E-state index in [1.165, 1.54) is 29.2 Å². The molecule has 0 radical (unpaired) electrons. The zero-order valence-electron chi connectivity index (χ0n) is 20.3. The summed E-state index contributed by atoms with van der Waals surface area (Å²) in [6.07, 6.45) is -0.426. The van der Waals surface area contributed by atoms with Crippen molar-refractivity contribution < 1.29 is 23.8 Å². The molecule has 1 aliphatic rings. The second kappa shape index (κ2) is 10.7.